The number of nitrogens with zero attached hydrogens (tertiary/aromatic N) is 2. The Morgan fingerprint density at radius 3 is 2.35 bits per heavy atom. The number of piperazine rings is 1. The Balaban J connectivity index is 1.54. The summed E-state index contributed by atoms with van der Waals surface area (Å²) in [5.74, 6) is -0.413. The van der Waals surface area contributed by atoms with Gasteiger partial charge in [0.2, 0.25) is 11.8 Å². The number of hydrogen-bond acceptors (Lipinski definition) is 3. The summed E-state index contributed by atoms with van der Waals surface area (Å²) < 4.78 is 13.2. The third kappa shape index (κ3) is 4.59. The molecule has 0 aliphatic carbocycles. The lowest BCUT2D eigenvalue weighted by Gasteiger charge is -2.35. The zero-order valence-corrected chi connectivity index (χ0v) is 14.7. The number of benzene rings is 2. The zero-order chi connectivity index (χ0) is 18.5. The van der Waals surface area contributed by atoms with Gasteiger partial charge in [0.15, 0.2) is 0 Å². The maximum Gasteiger partial charge on any atom is 0.228 e. The van der Waals surface area contributed by atoms with Crippen LogP contribution in [0.3, 0.4) is 0 Å². The number of anilines is 2. The van der Waals surface area contributed by atoms with Gasteiger partial charge in [-0.1, -0.05) is 12.1 Å². The molecule has 1 fully saturated rings. The second-order valence-electron chi connectivity index (χ2n) is 6.39. The van der Waals surface area contributed by atoms with Crippen molar-refractivity contribution in [3.05, 3.63) is 59.9 Å². The number of rotatable bonds is 4. The molecule has 6 heteroatoms. The smallest absolute Gasteiger partial charge is 0.228 e. The van der Waals surface area contributed by atoms with Crippen LogP contribution in [0.15, 0.2) is 48.5 Å². The molecule has 1 aliphatic heterocycles. The molecule has 0 spiro atoms. The van der Waals surface area contributed by atoms with Crippen molar-refractivity contribution < 1.29 is 14.0 Å². The summed E-state index contributed by atoms with van der Waals surface area (Å²) in [6, 6.07) is 13.7. The standard InChI is InChI=1S/C20H22FN3O2/c1-15(25)23-9-11-24(12-10-23)19-7-5-18(6-8-19)22-20(26)14-16-3-2-4-17(21)13-16/h2-8,13H,9-12,14H2,1H3,(H,22,26). The lowest BCUT2D eigenvalue weighted by Crippen LogP contribution is -2.48. The van der Waals surface area contributed by atoms with Gasteiger partial charge in [-0.2, -0.15) is 0 Å². The predicted octanol–water partition coefficient (Wildman–Crippen LogP) is 2.68. The normalized spacial score (nSPS) is 14.2. The molecule has 2 aromatic carbocycles. The van der Waals surface area contributed by atoms with E-state index >= 15 is 0 Å². The van der Waals surface area contributed by atoms with Crippen LogP contribution in [0.1, 0.15) is 12.5 Å². The van der Waals surface area contributed by atoms with Gasteiger partial charge in [-0.25, -0.2) is 4.39 Å². The summed E-state index contributed by atoms with van der Waals surface area (Å²) in [4.78, 5) is 27.5. The zero-order valence-electron chi connectivity index (χ0n) is 14.7. The number of nitrogens with one attached hydrogen (secondary N) is 1. The molecule has 0 saturated carbocycles. The first-order valence-electron chi connectivity index (χ1n) is 8.66. The molecule has 2 aromatic rings. The fraction of sp³-hybridized carbons (Fsp3) is 0.300. The van der Waals surface area contributed by atoms with Crippen molar-refractivity contribution in [3.63, 3.8) is 0 Å². The van der Waals surface area contributed by atoms with Crippen LogP contribution < -0.4 is 10.2 Å². The number of amides is 2. The highest BCUT2D eigenvalue weighted by molar-refractivity contribution is 5.92. The molecule has 1 aliphatic rings. The van der Waals surface area contributed by atoms with Crippen molar-refractivity contribution in [2.24, 2.45) is 0 Å². The molecule has 1 N–H and O–H groups in total. The van der Waals surface area contributed by atoms with Crippen molar-refractivity contribution in [3.8, 4) is 0 Å². The molecule has 5 nitrogen and oxygen atoms in total. The molecule has 26 heavy (non-hydrogen) atoms. The Kier molecular flexibility index (Phi) is 5.51. The summed E-state index contributed by atoms with van der Waals surface area (Å²) in [5, 5.41) is 2.83. The van der Waals surface area contributed by atoms with Crippen molar-refractivity contribution in [1.29, 1.82) is 0 Å². The van der Waals surface area contributed by atoms with E-state index in [0.717, 1.165) is 31.9 Å². The van der Waals surface area contributed by atoms with Crippen LogP contribution in [0.25, 0.3) is 0 Å². The van der Waals surface area contributed by atoms with Crippen LogP contribution >= 0.6 is 0 Å². The van der Waals surface area contributed by atoms with Gasteiger partial charge in [-0.3, -0.25) is 9.59 Å². The molecule has 0 aromatic heterocycles. The minimum atomic E-state index is -0.343. The largest absolute Gasteiger partial charge is 0.368 e. The van der Waals surface area contributed by atoms with Crippen molar-refractivity contribution >= 4 is 23.2 Å². The van der Waals surface area contributed by atoms with Gasteiger partial charge >= 0.3 is 0 Å². The third-order valence-corrected chi connectivity index (χ3v) is 4.49. The summed E-state index contributed by atoms with van der Waals surface area (Å²) >= 11 is 0. The van der Waals surface area contributed by atoms with Crippen LogP contribution in [-0.4, -0.2) is 42.9 Å². The van der Waals surface area contributed by atoms with E-state index in [1.54, 1.807) is 19.1 Å². The molecule has 0 bridgehead atoms. The monoisotopic (exact) mass is 355 g/mol. The highest BCUT2D eigenvalue weighted by Crippen LogP contribution is 2.20. The SMILES string of the molecule is CC(=O)N1CCN(c2ccc(NC(=O)Cc3cccc(F)c3)cc2)CC1. The van der Waals surface area contributed by atoms with Gasteiger partial charge in [-0.15, -0.1) is 0 Å². The van der Waals surface area contributed by atoms with Gasteiger partial charge < -0.3 is 15.1 Å². The van der Waals surface area contributed by atoms with Crippen molar-refractivity contribution in [2.45, 2.75) is 13.3 Å². The van der Waals surface area contributed by atoms with Crippen LogP contribution in [0.5, 0.6) is 0 Å². The molecule has 0 atom stereocenters. The van der Waals surface area contributed by atoms with Gasteiger partial charge in [-0.05, 0) is 42.0 Å². The number of hydrogen-bond donors (Lipinski definition) is 1. The molecule has 136 valence electrons. The Labute approximate surface area is 152 Å². The van der Waals surface area contributed by atoms with Gasteiger partial charge in [0.1, 0.15) is 5.82 Å². The van der Waals surface area contributed by atoms with Gasteiger partial charge in [0, 0.05) is 44.5 Å². The summed E-state index contributed by atoms with van der Waals surface area (Å²) in [6.07, 6.45) is 0.131. The highest BCUT2D eigenvalue weighted by atomic mass is 19.1. The first kappa shape index (κ1) is 17.9. The summed E-state index contributed by atoms with van der Waals surface area (Å²) in [5.41, 5.74) is 2.41. The van der Waals surface area contributed by atoms with E-state index in [1.807, 2.05) is 29.2 Å². The fourth-order valence-electron chi connectivity index (χ4n) is 3.07. The highest BCUT2D eigenvalue weighted by Gasteiger charge is 2.18. The quantitative estimate of drug-likeness (QED) is 0.917. The number of halogens is 1. The average molecular weight is 355 g/mol. The van der Waals surface area contributed by atoms with Crippen molar-refractivity contribution in [1.82, 2.24) is 4.90 Å². The lowest BCUT2D eigenvalue weighted by atomic mass is 10.1. The molecule has 3 rings (SSSR count). The van der Waals surface area contributed by atoms with E-state index < -0.39 is 0 Å². The Morgan fingerprint density at radius 2 is 1.73 bits per heavy atom. The van der Waals surface area contributed by atoms with Crippen LogP contribution in [0, 0.1) is 5.82 Å². The average Bonchev–Trinajstić information content (AvgIpc) is 2.62. The van der Waals surface area contributed by atoms with E-state index in [4.69, 9.17) is 0 Å². The van der Waals surface area contributed by atoms with Gasteiger partial charge in [0.25, 0.3) is 0 Å². The minimum absolute atomic E-state index is 0.112. The number of carbonyl (C=O) groups excluding carboxylic acids is 2. The second kappa shape index (κ2) is 7.99. The van der Waals surface area contributed by atoms with E-state index in [1.165, 1.54) is 12.1 Å². The fourth-order valence-corrected chi connectivity index (χ4v) is 3.07. The maximum absolute atomic E-state index is 13.2. The first-order valence-corrected chi connectivity index (χ1v) is 8.66. The topological polar surface area (TPSA) is 52.7 Å². The molecular formula is C20H22FN3O2. The molecular weight excluding hydrogens is 333 g/mol. The van der Waals surface area contributed by atoms with Gasteiger partial charge in [0.05, 0.1) is 6.42 Å². The van der Waals surface area contributed by atoms with Crippen LogP contribution in [-0.2, 0) is 16.0 Å². The summed E-state index contributed by atoms with van der Waals surface area (Å²) in [6.45, 7) is 4.63. The lowest BCUT2D eigenvalue weighted by molar-refractivity contribution is -0.129. The molecule has 0 unspecified atom stereocenters. The Bertz CT molecular complexity index is 784. The van der Waals surface area contributed by atoms with E-state index in [0.29, 0.717) is 11.3 Å². The molecule has 1 heterocycles. The first-order chi connectivity index (χ1) is 12.5. The molecule has 2 amide bonds. The third-order valence-electron chi connectivity index (χ3n) is 4.49. The van der Waals surface area contributed by atoms with E-state index in [2.05, 4.69) is 10.2 Å². The molecule has 1 saturated heterocycles. The maximum atomic E-state index is 13.2. The molecule has 0 radical (unpaired) electrons. The van der Waals surface area contributed by atoms with E-state index in [-0.39, 0.29) is 24.1 Å². The Morgan fingerprint density at radius 1 is 1.04 bits per heavy atom. The number of carbonyl (C=O) groups is 2. The van der Waals surface area contributed by atoms with E-state index in [9.17, 15) is 14.0 Å². The second-order valence-corrected chi connectivity index (χ2v) is 6.39. The predicted molar refractivity (Wildman–Crippen MR) is 99.6 cm³/mol. The van der Waals surface area contributed by atoms with Crippen LogP contribution in [0.2, 0.25) is 0 Å². The Hall–Kier alpha value is -2.89. The minimum Gasteiger partial charge on any atom is -0.368 e. The summed E-state index contributed by atoms with van der Waals surface area (Å²) in [7, 11) is 0. The van der Waals surface area contributed by atoms with Crippen LogP contribution in [0.4, 0.5) is 15.8 Å². The van der Waals surface area contributed by atoms with Crippen molar-refractivity contribution in [2.75, 3.05) is 36.4 Å².